The van der Waals surface area contributed by atoms with Crippen LogP contribution in [0.15, 0.2) is 24.3 Å². The van der Waals surface area contributed by atoms with E-state index in [0.29, 0.717) is 22.3 Å². The number of aromatic nitrogens is 2. The zero-order chi connectivity index (χ0) is 18.7. The second kappa shape index (κ2) is 8.12. The molecule has 0 bridgehead atoms. The normalized spacial score (nSPS) is 15.3. The van der Waals surface area contributed by atoms with Gasteiger partial charge in [-0.25, -0.2) is 0 Å². The van der Waals surface area contributed by atoms with Gasteiger partial charge in [0, 0.05) is 20.1 Å². The molecule has 1 aromatic carbocycles. The summed E-state index contributed by atoms with van der Waals surface area (Å²) in [5, 5.41) is 4.67. The minimum absolute atomic E-state index is 0.00852. The Kier molecular flexibility index (Phi) is 5.87. The van der Waals surface area contributed by atoms with Gasteiger partial charge in [0.25, 0.3) is 5.91 Å². The Labute approximate surface area is 159 Å². The third-order valence-corrected chi connectivity index (χ3v) is 5.70. The SMILES string of the molecule is COc1ccc(CCC2CCN(C(=O)c3c(C)nn(C)c3Cl)CC2)cc1. The molecule has 1 amide bonds. The zero-order valence-corrected chi connectivity index (χ0v) is 16.4. The van der Waals surface area contributed by atoms with Crippen molar-refractivity contribution in [2.75, 3.05) is 20.2 Å². The second-order valence-electron chi connectivity index (χ2n) is 7.00. The number of piperidine rings is 1. The summed E-state index contributed by atoms with van der Waals surface area (Å²) in [5.41, 5.74) is 2.58. The van der Waals surface area contributed by atoms with Gasteiger partial charge in [-0.1, -0.05) is 23.7 Å². The van der Waals surface area contributed by atoms with E-state index >= 15 is 0 Å². The monoisotopic (exact) mass is 375 g/mol. The molecule has 1 aliphatic rings. The van der Waals surface area contributed by atoms with Crippen LogP contribution in [0.4, 0.5) is 0 Å². The van der Waals surface area contributed by atoms with Crippen LogP contribution in [0.25, 0.3) is 0 Å². The van der Waals surface area contributed by atoms with Gasteiger partial charge in [0.05, 0.1) is 18.4 Å². The third-order valence-electron chi connectivity index (χ3n) is 5.27. The Hall–Kier alpha value is -2.01. The molecule has 2 aromatic rings. The number of halogens is 1. The van der Waals surface area contributed by atoms with Crippen molar-refractivity contribution >= 4 is 17.5 Å². The first-order valence-corrected chi connectivity index (χ1v) is 9.48. The van der Waals surface area contributed by atoms with Gasteiger partial charge in [-0.2, -0.15) is 5.10 Å². The van der Waals surface area contributed by atoms with Gasteiger partial charge >= 0.3 is 0 Å². The Morgan fingerprint density at radius 3 is 2.46 bits per heavy atom. The number of carbonyl (C=O) groups is 1. The summed E-state index contributed by atoms with van der Waals surface area (Å²) >= 11 is 6.24. The number of hydrogen-bond donors (Lipinski definition) is 0. The Balaban J connectivity index is 1.51. The van der Waals surface area contributed by atoms with Crippen molar-refractivity contribution in [1.29, 1.82) is 0 Å². The first-order valence-electron chi connectivity index (χ1n) is 9.11. The Morgan fingerprint density at radius 1 is 1.27 bits per heavy atom. The molecule has 26 heavy (non-hydrogen) atoms. The average molecular weight is 376 g/mol. The van der Waals surface area contributed by atoms with Crippen LogP contribution in [0.2, 0.25) is 5.15 Å². The van der Waals surface area contributed by atoms with Crippen LogP contribution in [-0.2, 0) is 13.5 Å². The van der Waals surface area contributed by atoms with Crippen molar-refractivity contribution in [3.05, 3.63) is 46.2 Å². The summed E-state index contributed by atoms with van der Waals surface area (Å²) in [6.45, 7) is 3.41. The summed E-state index contributed by atoms with van der Waals surface area (Å²) in [7, 11) is 3.45. The van der Waals surface area contributed by atoms with E-state index in [2.05, 4.69) is 17.2 Å². The molecule has 0 unspecified atom stereocenters. The smallest absolute Gasteiger partial charge is 0.258 e. The van der Waals surface area contributed by atoms with E-state index in [9.17, 15) is 4.79 Å². The molecule has 0 N–H and O–H groups in total. The number of rotatable bonds is 5. The number of methoxy groups -OCH3 is 1. The third kappa shape index (κ3) is 4.04. The highest BCUT2D eigenvalue weighted by molar-refractivity contribution is 6.33. The molecule has 140 valence electrons. The number of likely N-dealkylation sites (tertiary alicyclic amines) is 1. The van der Waals surface area contributed by atoms with Crippen molar-refractivity contribution in [1.82, 2.24) is 14.7 Å². The lowest BCUT2D eigenvalue weighted by molar-refractivity contribution is 0.0686. The minimum Gasteiger partial charge on any atom is -0.497 e. The highest BCUT2D eigenvalue weighted by atomic mass is 35.5. The summed E-state index contributed by atoms with van der Waals surface area (Å²) < 4.78 is 6.76. The summed E-state index contributed by atoms with van der Waals surface area (Å²) in [6.07, 6.45) is 4.30. The van der Waals surface area contributed by atoms with E-state index in [4.69, 9.17) is 16.3 Å². The topological polar surface area (TPSA) is 47.4 Å². The molecule has 1 aliphatic heterocycles. The van der Waals surface area contributed by atoms with E-state index < -0.39 is 0 Å². The van der Waals surface area contributed by atoms with Gasteiger partial charge in [0.1, 0.15) is 10.9 Å². The Bertz CT molecular complexity index is 762. The van der Waals surface area contributed by atoms with Crippen LogP contribution in [-0.4, -0.2) is 40.8 Å². The maximum absolute atomic E-state index is 12.8. The summed E-state index contributed by atoms with van der Waals surface area (Å²) in [4.78, 5) is 14.7. The molecule has 1 saturated heterocycles. The van der Waals surface area contributed by atoms with Gasteiger partial charge in [-0.3, -0.25) is 9.48 Å². The molecule has 1 fully saturated rings. The van der Waals surface area contributed by atoms with Crippen LogP contribution in [0.3, 0.4) is 0 Å². The van der Waals surface area contributed by atoms with Gasteiger partial charge < -0.3 is 9.64 Å². The molecule has 0 atom stereocenters. The zero-order valence-electron chi connectivity index (χ0n) is 15.7. The van der Waals surface area contributed by atoms with E-state index in [-0.39, 0.29) is 5.91 Å². The number of ether oxygens (including phenoxy) is 1. The molecule has 0 aliphatic carbocycles. The van der Waals surface area contributed by atoms with E-state index in [0.717, 1.165) is 44.5 Å². The fourth-order valence-corrected chi connectivity index (χ4v) is 3.87. The number of hydrogen-bond acceptors (Lipinski definition) is 3. The lowest BCUT2D eigenvalue weighted by Gasteiger charge is -2.32. The van der Waals surface area contributed by atoms with E-state index in [1.165, 1.54) is 5.56 Å². The minimum atomic E-state index is 0.00852. The quantitative estimate of drug-likeness (QED) is 0.796. The number of amides is 1. The largest absolute Gasteiger partial charge is 0.497 e. The number of carbonyl (C=O) groups excluding carboxylic acids is 1. The molecule has 5 nitrogen and oxygen atoms in total. The highest BCUT2D eigenvalue weighted by Gasteiger charge is 2.27. The fraction of sp³-hybridized carbons (Fsp3) is 0.500. The predicted octanol–water partition coefficient (Wildman–Crippen LogP) is 3.88. The number of nitrogens with zero attached hydrogens (tertiary/aromatic N) is 3. The van der Waals surface area contributed by atoms with Crippen LogP contribution in [0, 0.1) is 12.8 Å². The maximum Gasteiger partial charge on any atom is 0.258 e. The van der Waals surface area contributed by atoms with Crippen LogP contribution >= 0.6 is 11.6 Å². The first kappa shape index (κ1) is 18.8. The maximum atomic E-state index is 12.8. The summed E-state index contributed by atoms with van der Waals surface area (Å²) in [5.74, 6) is 1.56. The van der Waals surface area contributed by atoms with Crippen LogP contribution < -0.4 is 4.74 Å². The average Bonchev–Trinajstić information content (AvgIpc) is 2.92. The van der Waals surface area contributed by atoms with Crippen LogP contribution in [0.1, 0.15) is 40.9 Å². The first-order chi connectivity index (χ1) is 12.5. The lowest BCUT2D eigenvalue weighted by atomic mass is 9.90. The molecule has 6 heteroatoms. The molecular weight excluding hydrogens is 350 g/mol. The van der Waals surface area contributed by atoms with Gasteiger partial charge in [-0.15, -0.1) is 0 Å². The van der Waals surface area contributed by atoms with Gasteiger partial charge in [-0.05, 0) is 56.2 Å². The summed E-state index contributed by atoms with van der Waals surface area (Å²) in [6, 6.07) is 8.28. The molecule has 3 rings (SSSR count). The van der Waals surface area contributed by atoms with E-state index in [1.54, 1.807) is 18.8 Å². The van der Waals surface area contributed by atoms with Crippen LogP contribution in [0.5, 0.6) is 5.75 Å². The second-order valence-corrected chi connectivity index (χ2v) is 7.36. The molecule has 1 aromatic heterocycles. The van der Waals surface area contributed by atoms with Crippen molar-refractivity contribution in [2.24, 2.45) is 13.0 Å². The fourth-order valence-electron chi connectivity index (χ4n) is 3.62. The van der Waals surface area contributed by atoms with Crippen molar-refractivity contribution in [2.45, 2.75) is 32.6 Å². The predicted molar refractivity (Wildman–Crippen MR) is 103 cm³/mol. The van der Waals surface area contributed by atoms with Gasteiger partial charge in [0.2, 0.25) is 0 Å². The van der Waals surface area contributed by atoms with Crippen molar-refractivity contribution < 1.29 is 9.53 Å². The molecular formula is C20H26ClN3O2. The van der Waals surface area contributed by atoms with E-state index in [1.807, 2.05) is 24.0 Å². The van der Waals surface area contributed by atoms with Gasteiger partial charge in [0.15, 0.2) is 0 Å². The molecule has 2 heterocycles. The Morgan fingerprint density at radius 2 is 1.92 bits per heavy atom. The van der Waals surface area contributed by atoms with Crippen molar-refractivity contribution in [3.63, 3.8) is 0 Å². The lowest BCUT2D eigenvalue weighted by Crippen LogP contribution is -2.38. The molecule has 0 spiro atoms. The van der Waals surface area contributed by atoms with Crippen molar-refractivity contribution in [3.8, 4) is 5.75 Å². The standard InChI is InChI=1S/C20H26ClN3O2/c1-14-18(19(21)23(2)22-14)20(25)24-12-10-16(11-13-24)5-4-15-6-8-17(26-3)9-7-15/h6-9,16H,4-5,10-13H2,1-3H3. The molecule has 0 saturated carbocycles. The highest BCUT2D eigenvalue weighted by Crippen LogP contribution is 2.26. The number of aryl methyl sites for hydroxylation is 3. The molecule has 0 radical (unpaired) electrons. The number of benzene rings is 1.